The van der Waals surface area contributed by atoms with Crippen LogP contribution in [0.1, 0.15) is 32.3 Å². The molecule has 118 valence electrons. The van der Waals surface area contributed by atoms with Crippen molar-refractivity contribution in [1.82, 2.24) is 0 Å². The molecule has 1 aliphatic heterocycles. The predicted molar refractivity (Wildman–Crippen MR) is 84.0 cm³/mol. The average molecular weight is 303 g/mol. The van der Waals surface area contributed by atoms with Gasteiger partial charge in [0.15, 0.2) is 17.6 Å². The summed E-state index contributed by atoms with van der Waals surface area (Å²) < 4.78 is 11.6. The third-order valence-electron chi connectivity index (χ3n) is 3.45. The predicted octanol–water partition coefficient (Wildman–Crippen LogP) is 2.10. The quantitative estimate of drug-likeness (QED) is 0.818. The highest BCUT2D eigenvalue weighted by atomic mass is 16.5. The number of anilines is 1. The average Bonchev–Trinajstić information content (AvgIpc) is 2.54. The summed E-state index contributed by atoms with van der Waals surface area (Å²) >= 11 is 0. The Balaban J connectivity index is 2.53. The molecule has 1 atom stereocenters. The van der Waals surface area contributed by atoms with Gasteiger partial charge in [-0.15, -0.1) is 6.42 Å². The number of nitrogens with zero attached hydrogens (tertiary/aromatic N) is 1. The number of aliphatic hydroxyl groups is 1. The van der Waals surface area contributed by atoms with Gasteiger partial charge in [0.2, 0.25) is 0 Å². The molecule has 0 radical (unpaired) electrons. The van der Waals surface area contributed by atoms with E-state index >= 15 is 0 Å². The minimum absolute atomic E-state index is 0.148. The van der Waals surface area contributed by atoms with E-state index in [1.54, 1.807) is 12.1 Å². The van der Waals surface area contributed by atoms with Crippen LogP contribution in [0.2, 0.25) is 0 Å². The van der Waals surface area contributed by atoms with Crippen LogP contribution >= 0.6 is 0 Å². The molecule has 1 N–H and O–H groups in total. The van der Waals surface area contributed by atoms with Crippen LogP contribution in [0, 0.1) is 12.3 Å². The normalized spacial score (nSPS) is 16.7. The molecule has 5 nitrogen and oxygen atoms in total. The highest BCUT2D eigenvalue weighted by Crippen LogP contribution is 2.43. The molecule has 1 heterocycles. The van der Waals surface area contributed by atoms with Crippen molar-refractivity contribution < 1.29 is 19.4 Å². The van der Waals surface area contributed by atoms with E-state index in [2.05, 4.69) is 5.92 Å². The van der Waals surface area contributed by atoms with Crippen LogP contribution in [0.25, 0.3) is 0 Å². The van der Waals surface area contributed by atoms with Crippen molar-refractivity contribution in [2.75, 3.05) is 18.1 Å². The molecule has 0 saturated heterocycles. The molecule has 1 aliphatic rings. The zero-order valence-corrected chi connectivity index (χ0v) is 13.0. The van der Waals surface area contributed by atoms with Crippen molar-refractivity contribution in [3.05, 3.63) is 17.7 Å². The molecule has 5 heteroatoms. The fourth-order valence-corrected chi connectivity index (χ4v) is 2.37. The summed E-state index contributed by atoms with van der Waals surface area (Å²) in [6, 6.07) is 3.46. The van der Waals surface area contributed by atoms with Gasteiger partial charge in [0.1, 0.15) is 0 Å². The summed E-state index contributed by atoms with van der Waals surface area (Å²) in [5, 5.41) is 9.43. The van der Waals surface area contributed by atoms with Crippen LogP contribution in [-0.2, 0) is 11.4 Å². The van der Waals surface area contributed by atoms with Gasteiger partial charge in [-0.05, 0) is 30.5 Å². The summed E-state index contributed by atoms with van der Waals surface area (Å²) in [5.41, 5.74) is 1.21. The Labute approximate surface area is 130 Å². The lowest BCUT2D eigenvalue weighted by atomic mass is 10.1. The van der Waals surface area contributed by atoms with Gasteiger partial charge in [-0.25, -0.2) is 0 Å². The second-order valence-electron chi connectivity index (χ2n) is 5.09. The van der Waals surface area contributed by atoms with Crippen LogP contribution < -0.4 is 14.4 Å². The Bertz CT molecular complexity index is 591. The number of hydrogen-bond acceptors (Lipinski definition) is 4. The van der Waals surface area contributed by atoms with Crippen LogP contribution in [0.15, 0.2) is 12.1 Å². The Kier molecular flexibility index (Phi) is 5.29. The third kappa shape index (κ3) is 3.02. The molecule has 0 bridgehead atoms. The number of aliphatic hydroxyl groups excluding tert-OH is 1. The van der Waals surface area contributed by atoms with Crippen LogP contribution in [0.5, 0.6) is 11.5 Å². The maximum atomic E-state index is 12.4. The molecule has 0 aliphatic carbocycles. The van der Waals surface area contributed by atoms with E-state index in [9.17, 15) is 9.90 Å². The number of fused-ring (bicyclic) bond motifs is 1. The zero-order valence-electron chi connectivity index (χ0n) is 13.0. The molecule has 1 amide bonds. The second kappa shape index (κ2) is 7.19. The zero-order chi connectivity index (χ0) is 16.1. The summed E-state index contributed by atoms with van der Waals surface area (Å²) in [6.07, 6.45) is 6.22. The Morgan fingerprint density at radius 2 is 2.23 bits per heavy atom. The summed E-state index contributed by atoms with van der Waals surface area (Å²) in [5.74, 6) is 3.40. The van der Waals surface area contributed by atoms with E-state index < -0.39 is 6.10 Å². The maximum absolute atomic E-state index is 12.4. The van der Waals surface area contributed by atoms with Gasteiger partial charge >= 0.3 is 0 Å². The topological polar surface area (TPSA) is 59.0 Å². The van der Waals surface area contributed by atoms with Crippen molar-refractivity contribution in [1.29, 1.82) is 0 Å². The summed E-state index contributed by atoms with van der Waals surface area (Å²) in [6.45, 7) is 4.44. The van der Waals surface area contributed by atoms with E-state index in [1.807, 2.05) is 13.8 Å². The smallest absolute Gasteiger partial charge is 0.269 e. The Morgan fingerprint density at radius 1 is 1.45 bits per heavy atom. The van der Waals surface area contributed by atoms with Gasteiger partial charge in [-0.1, -0.05) is 19.8 Å². The van der Waals surface area contributed by atoms with E-state index in [4.69, 9.17) is 15.9 Å². The van der Waals surface area contributed by atoms with Gasteiger partial charge in [-0.2, -0.15) is 0 Å². The minimum Gasteiger partial charge on any atom is -0.490 e. The summed E-state index contributed by atoms with van der Waals surface area (Å²) in [7, 11) is 0. The molecule has 0 spiro atoms. The number of rotatable bonds is 6. The van der Waals surface area contributed by atoms with Gasteiger partial charge in [0.25, 0.3) is 5.91 Å². The largest absolute Gasteiger partial charge is 0.490 e. The number of benzene rings is 1. The SMILES string of the molecule is C#CCN1C(=O)C(CC)Oc2c(OCCC)cc(CO)cc21. The van der Waals surface area contributed by atoms with E-state index in [1.165, 1.54) is 4.90 Å². The van der Waals surface area contributed by atoms with Crippen LogP contribution in [-0.4, -0.2) is 30.3 Å². The van der Waals surface area contributed by atoms with Crippen molar-refractivity contribution in [2.45, 2.75) is 39.4 Å². The molecule has 0 aromatic heterocycles. The second-order valence-corrected chi connectivity index (χ2v) is 5.09. The number of amides is 1. The first-order valence-corrected chi connectivity index (χ1v) is 7.48. The first-order valence-electron chi connectivity index (χ1n) is 7.48. The molecule has 0 saturated carbocycles. The lowest BCUT2D eigenvalue weighted by Crippen LogP contribution is -2.46. The molecule has 22 heavy (non-hydrogen) atoms. The standard InChI is InChI=1S/C17H21NO4/c1-4-7-18-13-9-12(11-19)10-15(21-8-5-2)16(13)22-14(6-3)17(18)20/h1,9-10,14,19H,5-8,11H2,2-3H3. The molecule has 1 unspecified atom stereocenters. The number of ether oxygens (including phenoxy) is 2. The fraction of sp³-hybridized carbons (Fsp3) is 0.471. The van der Waals surface area contributed by atoms with E-state index in [0.717, 1.165) is 6.42 Å². The first-order chi connectivity index (χ1) is 10.7. The number of terminal acetylenes is 1. The molecular formula is C17H21NO4. The highest BCUT2D eigenvalue weighted by molar-refractivity contribution is 6.01. The van der Waals surface area contributed by atoms with Crippen LogP contribution in [0.3, 0.4) is 0 Å². The monoisotopic (exact) mass is 303 g/mol. The fourth-order valence-electron chi connectivity index (χ4n) is 2.37. The van der Waals surface area contributed by atoms with Crippen molar-refractivity contribution in [3.8, 4) is 23.8 Å². The minimum atomic E-state index is -0.565. The molecule has 1 aromatic carbocycles. The van der Waals surface area contributed by atoms with Crippen LogP contribution in [0.4, 0.5) is 5.69 Å². The van der Waals surface area contributed by atoms with Crippen molar-refractivity contribution in [3.63, 3.8) is 0 Å². The van der Waals surface area contributed by atoms with E-state index in [0.29, 0.717) is 35.8 Å². The Morgan fingerprint density at radius 3 is 2.82 bits per heavy atom. The molecular weight excluding hydrogens is 282 g/mol. The summed E-state index contributed by atoms with van der Waals surface area (Å²) in [4.78, 5) is 14.0. The van der Waals surface area contributed by atoms with Crippen molar-refractivity contribution in [2.24, 2.45) is 0 Å². The maximum Gasteiger partial charge on any atom is 0.269 e. The third-order valence-corrected chi connectivity index (χ3v) is 3.45. The molecule has 2 rings (SSSR count). The van der Waals surface area contributed by atoms with Gasteiger partial charge in [-0.3, -0.25) is 9.69 Å². The Hall–Kier alpha value is -2.19. The lowest BCUT2D eigenvalue weighted by molar-refractivity contribution is -0.126. The highest BCUT2D eigenvalue weighted by Gasteiger charge is 2.35. The van der Waals surface area contributed by atoms with Crippen molar-refractivity contribution >= 4 is 11.6 Å². The molecule has 1 aromatic rings. The number of carbonyl (C=O) groups excluding carboxylic acids is 1. The molecule has 0 fully saturated rings. The van der Waals surface area contributed by atoms with Gasteiger partial charge in [0.05, 0.1) is 25.4 Å². The lowest BCUT2D eigenvalue weighted by Gasteiger charge is -2.34. The van der Waals surface area contributed by atoms with Gasteiger partial charge in [0, 0.05) is 0 Å². The van der Waals surface area contributed by atoms with Gasteiger partial charge < -0.3 is 14.6 Å². The number of hydrogen-bond donors (Lipinski definition) is 1. The first kappa shape index (κ1) is 16.2. The number of carbonyl (C=O) groups is 1. The van der Waals surface area contributed by atoms with E-state index in [-0.39, 0.29) is 19.1 Å².